The van der Waals surface area contributed by atoms with E-state index in [2.05, 4.69) is 5.32 Å². The number of likely N-dealkylation sites (N-methyl/N-ethyl adjacent to an activating group) is 1. The van der Waals surface area contributed by atoms with Crippen LogP contribution >= 0.6 is 0 Å². The van der Waals surface area contributed by atoms with Crippen LogP contribution in [-0.2, 0) is 16.1 Å². The van der Waals surface area contributed by atoms with Crippen LogP contribution in [-0.4, -0.2) is 39.8 Å². The zero-order chi connectivity index (χ0) is 14.3. The van der Waals surface area contributed by atoms with Gasteiger partial charge in [0.25, 0.3) is 0 Å². The average Bonchev–Trinajstić information content (AvgIpc) is 2.38. The van der Waals surface area contributed by atoms with Gasteiger partial charge in [0.15, 0.2) is 0 Å². The van der Waals surface area contributed by atoms with Crippen molar-refractivity contribution < 1.29 is 13.9 Å². The number of nitrogens with one attached hydrogen (secondary N) is 1. The monoisotopic (exact) mass is 269 g/mol. The van der Waals surface area contributed by atoms with E-state index in [1.54, 1.807) is 31.2 Å². The molecule has 1 aromatic rings. The molecule has 0 aliphatic heterocycles. The SMILES string of the molecule is COCCNC(=O)CN(C)c1ccc(CN)c(F)c1. The van der Waals surface area contributed by atoms with Crippen molar-refractivity contribution in [2.24, 2.45) is 5.73 Å². The highest BCUT2D eigenvalue weighted by Gasteiger charge is 2.09. The molecule has 0 unspecified atom stereocenters. The summed E-state index contributed by atoms with van der Waals surface area (Å²) in [7, 11) is 3.30. The normalized spacial score (nSPS) is 10.3. The van der Waals surface area contributed by atoms with Gasteiger partial charge in [-0.1, -0.05) is 6.07 Å². The number of halogens is 1. The lowest BCUT2D eigenvalue weighted by molar-refractivity contribution is -0.119. The van der Waals surface area contributed by atoms with Gasteiger partial charge in [0.2, 0.25) is 5.91 Å². The maximum atomic E-state index is 13.6. The fourth-order valence-electron chi connectivity index (χ4n) is 1.59. The maximum Gasteiger partial charge on any atom is 0.239 e. The number of hydrogen-bond donors (Lipinski definition) is 2. The van der Waals surface area contributed by atoms with Crippen LogP contribution in [0.4, 0.5) is 10.1 Å². The van der Waals surface area contributed by atoms with Gasteiger partial charge in [0.1, 0.15) is 5.82 Å². The van der Waals surface area contributed by atoms with Crippen molar-refractivity contribution in [3.63, 3.8) is 0 Å². The lowest BCUT2D eigenvalue weighted by Crippen LogP contribution is -2.36. The van der Waals surface area contributed by atoms with Crippen LogP contribution in [0.1, 0.15) is 5.56 Å². The number of methoxy groups -OCH3 is 1. The first-order chi connectivity index (χ1) is 9.08. The Morgan fingerprint density at radius 3 is 2.84 bits per heavy atom. The molecule has 0 fully saturated rings. The summed E-state index contributed by atoms with van der Waals surface area (Å²) in [6, 6.07) is 4.75. The molecule has 106 valence electrons. The summed E-state index contributed by atoms with van der Waals surface area (Å²) in [5.74, 6) is -0.491. The summed E-state index contributed by atoms with van der Waals surface area (Å²) in [5, 5.41) is 2.70. The number of carbonyl (C=O) groups is 1. The fourth-order valence-corrected chi connectivity index (χ4v) is 1.59. The number of benzene rings is 1. The number of hydrogen-bond acceptors (Lipinski definition) is 4. The van der Waals surface area contributed by atoms with Crippen LogP contribution in [0.15, 0.2) is 18.2 Å². The second kappa shape index (κ2) is 7.70. The van der Waals surface area contributed by atoms with Gasteiger partial charge >= 0.3 is 0 Å². The first-order valence-corrected chi connectivity index (χ1v) is 6.03. The predicted octanol–water partition coefficient (Wildman–Crippen LogP) is 0.483. The van der Waals surface area contributed by atoms with Crippen molar-refractivity contribution in [3.8, 4) is 0 Å². The number of nitrogens with two attached hydrogens (primary N) is 1. The van der Waals surface area contributed by atoms with E-state index in [0.29, 0.717) is 24.4 Å². The average molecular weight is 269 g/mol. The van der Waals surface area contributed by atoms with E-state index in [4.69, 9.17) is 10.5 Å². The quantitative estimate of drug-likeness (QED) is 0.707. The standard InChI is InChI=1S/C13H20FN3O2/c1-17(9-13(18)16-5-6-19-2)11-4-3-10(8-15)12(14)7-11/h3-4,7H,5-6,8-9,15H2,1-2H3,(H,16,18). The van der Waals surface area contributed by atoms with Crippen LogP contribution in [0, 0.1) is 5.82 Å². The first-order valence-electron chi connectivity index (χ1n) is 6.03. The van der Waals surface area contributed by atoms with E-state index < -0.39 is 0 Å². The third-order valence-corrected chi connectivity index (χ3v) is 2.71. The molecule has 19 heavy (non-hydrogen) atoms. The Hall–Kier alpha value is -1.66. The molecule has 0 radical (unpaired) electrons. The lowest BCUT2D eigenvalue weighted by atomic mass is 10.2. The number of ether oxygens (including phenoxy) is 1. The van der Waals surface area contributed by atoms with Gasteiger partial charge in [-0.2, -0.15) is 0 Å². The summed E-state index contributed by atoms with van der Waals surface area (Å²) >= 11 is 0. The van der Waals surface area contributed by atoms with Gasteiger partial charge in [-0.3, -0.25) is 4.79 Å². The van der Waals surface area contributed by atoms with E-state index in [1.807, 2.05) is 0 Å². The molecule has 0 saturated heterocycles. The molecular weight excluding hydrogens is 249 g/mol. The fraction of sp³-hybridized carbons (Fsp3) is 0.462. The predicted molar refractivity (Wildman–Crippen MR) is 72.4 cm³/mol. The minimum Gasteiger partial charge on any atom is -0.383 e. The van der Waals surface area contributed by atoms with Gasteiger partial charge in [-0.05, 0) is 12.1 Å². The summed E-state index contributed by atoms with van der Waals surface area (Å²) in [6.07, 6.45) is 0. The third kappa shape index (κ3) is 4.84. The molecule has 0 aromatic heterocycles. The Kier molecular flexibility index (Phi) is 6.24. The topological polar surface area (TPSA) is 67.6 Å². The van der Waals surface area contributed by atoms with E-state index in [1.165, 1.54) is 6.07 Å². The Bertz CT molecular complexity index is 426. The van der Waals surface area contributed by atoms with Crippen LogP contribution < -0.4 is 16.0 Å². The molecule has 5 nitrogen and oxygen atoms in total. The minimum absolute atomic E-state index is 0.136. The van der Waals surface area contributed by atoms with Crippen molar-refractivity contribution in [2.75, 3.05) is 38.8 Å². The van der Waals surface area contributed by atoms with Gasteiger partial charge in [0.05, 0.1) is 13.2 Å². The summed E-state index contributed by atoms with van der Waals surface area (Å²) < 4.78 is 18.4. The molecular formula is C13H20FN3O2. The van der Waals surface area contributed by atoms with Crippen molar-refractivity contribution in [3.05, 3.63) is 29.6 Å². The maximum absolute atomic E-state index is 13.6. The molecule has 0 heterocycles. The largest absolute Gasteiger partial charge is 0.383 e. The zero-order valence-electron chi connectivity index (χ0n) is 11.3. The second-order valence-corrected chi connectivity index (χ2v) is 4.18. The first kappa shape index (κ1) is 15.4. The van der Waals surface area contributed by atoms with Crippen LogP contribution in [0.2, 0.25) is 0 Å². The van der Waals surface area contributed by atoms with Crippen molar-refractivity contribution >= 4 is 11.6 Å². The molecule has 1 amide bonds. The van der Waals surface area contributed by atoms with Crippen LogP contribution in [0.25, 0.3) is 0 Å². The summed E-state index contributed by atoms with van der Waals surface area (Å²) in [4.78, 5) is 13.3. The summed E-state index contributed by atoms with van der Waals surface area (Å²) in [6.45, 7) is 1.25. The number of amides is 1. The van der Waals surface area contributed by atoms with E-state index in [9.17, 15) is 9.18 Å². The van der Waals surface area contributed by atoms with Crippen molar-refractivity contribution in [2.45, 2.75) is 6.54 Å². The molecule has 6 heteroatoms. The molecule has 0 bridgehead atoms. The molecule has 0 aliphatic rings. The highest BCUT2D eigenvalue weighted by Crippen LogP contribution is 2.17. The summed E-state index contributed by atoms with van der Waals surface area (Å²) in [5.41, 5.74) is 6.49. The molecule has 0 saturated carbocycles. The molecule has 0 aliphatic carbocycles. The van der Waals surface area contributed by atoms with E-state index >= 15 is 0 Å². The van der Waals surface area contributed by atoms with Crippen molar-refractivity contribution in [1.29, 1.82) is 0 Å². The van der Waals surface area contributed by atoms with E-state index in [-0.39, 0.29) is 24.8 Å². The lowest BCUT2D eigenvalue weighted by Gasteiger charge is -2.19. The smallest absolute Gasteiger partial charge is 0.239 e. The third-order valence-electron chi connectivity index (χ3n) is 2.71. The van der Waals surface area contributed by atoms with Gasteiger partial charge < -0.3 is 20.7 Å². The van der Waals surface area contributed by atoms with Crippen LogP contribution in [0.5, 0.6) is 0 Å². The van der Waals surface area contributed by atoms with Crippen molar-refractivity contribution in [1.82, 2.24) is 5.32 Å². The number of rotatable bonds is 7. The Morgan fingerprint density at radius 2 is 2.26 bits per heavy atom. The Labute approximate surface area is 112 Å². The molecule has 1 aromatic carbocycles. The number of nitrogens with zero attached hydrogens (tertiary/aromatic N) is 1. The van der Waals surface area contributed by atoms with Crippen LogP contribution in [0.3, 0.4) is 0 Å². The molecule has 3 N–H and O–H groups in total. The van der Waals surface area contributed by atoms with Gasteiger partial charge in [0, 0.05) is 38.5 Å². The zero-order valence-corrected chi connectivity index (χ0v) is 11.3. The Balaban J connectivity index is 2.55. The molecule has 0 spiro atoms. The highest BCUT2D eigenvalue weighted by atomic mass is 19.1. The second-order valence-electron chi connectivity index (χ2n) is 4.18. The Morgan fingerprint density at radius 1 is 1.53 bits per heavy atom. The number of anilines is 1. The molecule has 0 atom stereocenters. The highest BCUT2D eigenvalue weighted by molar-refractivity contribution is 5.81. The minimum atomic E-state index is -0.355. The molecule has 1 rings (SSSR count). The van der Waals surface area contributed by atoms with Gasteiger partial charge in [-0.15, -0.1) is 0 Å². The van der Waals surface area contributed by atoms with Gasteiger partial charge in [-0.25, -0.2) is 4.39 Å². The number of carbonyl (C=O) groups excluding carboxylic acids is 1. The van der Waals surface area contributed by atoms with E-state index in [0.717, 1.165) is 0 Å².